The molecule has 0 atom stereocenters. The first-order chi connectivity index (χ1) is 10.3. The first-order valence-electron chi connectivity index (χ1n) is 5.97. The quantitative estimate of drug-likeness (QED) is 0.885. The van der Waals surface area contributed by atoms with Gasteiger partial charge in [-0.1, -0.05) is 12.1 Å². The smallest absolute Gasteiger partial charge is 0.465 e. The molecule has 2 rings (SSSR count). The maximum Gasteiger partial charge on any atom is 0.573 e. The van der Waals surface area contributed by atoms with Crippen LogP contribution in [0.3, 0.4) is 0 Å². The van der Waals surface area contributed by atoms with Crippen LogP contribution in [0.2, 0.25) is 0 Å². The van der Waals surface area contributed by atoms with Gasteiger partial charge in [0, 0.05) is 11.8 Å². The van der Waals surface area contributed by atoms with Crippen molar-refractivity contribution in [2.24, 2.45) is 0 Å². The van der Waals surface area contributed by atoms with Gasteiger partial charge < -0.3 is 14.5 Å². The van der Waals surface area contributed by atoms with E-state index in [2.05, 4.69) is 14.5 Å². The SMILES string of the molecule is COC(=O)c1c[nH]c(=O)c(-c2ccc(OC(F)(F)F)cc2)c1. The van der Waals surface area contributed by atoms with Crippen molar-refractivity contribution in [3.8, 4) is 16.9 Å². The number of aromatic nitrogens is 1. The number of ether oxygens (including phenoxy) is 2. The van der Waals surface area contributed by atoms with Crippen LogP contribution in [0.25, 0.3) is 11.1 Å². The first-order valence-corrected chi connectivity index (χ1v) is 5.97. The van der Waals surface area contributed by atoms with Gasteiger partial charge in [-0.3, -0.25) is 4.79 Å². The Labute approximate surface area is 122 Å². The van der Waals surface area contributed by atoms with E-state index in [4.69, 9.17) is 0 Å². The lowest BCUT2D eigenvalue weighted by atomic mass is 10.1. The number of hydrogen-bond acceptors (Lipinski definition) is 4. The summed E-state index contributed by atoms with van der Waals surface area (Å²) in [5.41, 5.74) is 0.0906. The van der Waals surface area contributed by atoms with Crippen LogP contribution in [0.4, 0.5) is 13.2 Å². The van der Waals surface area contributed by atoms with Crippen molar-refractivity contribution >= 4 is 5.97 Å². The summed E-state index contributed by atoms with van der Waals surface area (Å²) in [4.78, 5) is 25.6. The van der Waals surface area contributed by atoms with Gasteiger partial charge in [0.1, 0.15) is 5.75 Å². The highest BCUT2D eigenvalue weighted by atomic mass is 19.4. The van der Waals surface area contributed by atoms with Crippen LogP contribution in [0, 0.1) is 0 Å². The fourth-order valence-electron chi connectivity index (χ4n) is 1.77. The van der Waals surface area contributed by atoms with E-state index >= 15 is 0 Å². The molecule has 8 heteroatoms. The van der Waals surface area contributed by atoms with E-state index in [0.717, 1.165) is 12.1 Å². The zero-order valence-electron chi connectivity index (χ0n) is 11.2. The molecular weight excluding hydrogens is 303 g/mol. The summed E-state index contributed by atoms with van der Waals surface area (Å²) in [7, 11) is 1.19. The van der Waals surface area contributed by atoms with Gasteiger partial charge in [-0.05, 0) is 23.8 Å². The molecule has 22 heavy (non-hydrogen) atoms. The van der Waals surface area contributed by atoms with E-state index in [9.17, 15) is 22.8 Å². The zero-order valence-corrected chi connectivity index (χ0v) is 11.2. The number of hydrogen-bond donors (Lipinski definition) is 1. The number of methoxy groups -OCH3 is 1. The van der Waals surface area contributed by atoms with Crippen molar-refractivity contribution in [2.45, 2.75) is 6.36 Å². The highest BCUT2D eigenvalue weighted by molar-refractivity contribution is 5.90. The van der Waals surface area contributed by atoms with Gasteiger partial charge in [-0.2, -0.15) is 0 Å². The van der Waals surface area contributed by atoms with Gasteiger partial charge in [0.05, 0.1) is 12.7 Å². The molecule has 0 spiro atoms. The number of aromatic amines is 1. The maximum absolute atomic E-state index is 12.1. The van der Waals surface area contributed by atoms with Crippen LogP contribution in [0.1, 0.15) is 10.4 Å². The molecule has 0 unspecified atom stereocenters. The molecule has 0 saturated carbocycles. The number of halogens is 3. The average Bonchev–Trinajstić information content (AvgIpc) is 2.46. The fraction of sp³-hybridized carbons (Fsp3) is 0.143. The molecule has 1 heterocycles. The van der Waals surface area contributed by atoms with Crippen molar-refractivity contribution < 1.29 is 27.4 Å². The zero-order chi connectivity index (χ0) is 16.3. The summed E-state index contributed by atoms with van der Waals surface area (Å²) >= 11 is 0. The predicted molar refractivity (Wildman–Crippen MR) is 70.5 cm³/mol. The van der Waals surface area contributed by atoms with E-state index in [-0.39, 0.29) is 11.1 Å². The third kappa shape index (κ3) is 3.66. The molecule has 1 aromatic heterocycles. The molecule has 1 aromatic carbocycles. The Hall–Kier alpha value is -2.77. The van der Waals surface area contributed by atoms with E-state index in [1.54, 1.807) is 0 Å². The van der Waals surface area contributed by atoms with E-state index in [0.29, 0.717) is 5.56 Å². The standard InChI is InChI=1S/C14H10F3NO4/c1-21-13(20)9-6-11(12(19)18-7-9)8-2-4-10(5-3-8)22-14(15,16)17/h2-7H,1H3,(H,18,19). The monoisotopic (exact) mass is 313 g/mol. The second kappa shape index (κ2) is 5.92. The minimum Gasteiger partial charge on any atom is -0.465 e. The summed E-state index contributed by atoms with van der Waals surface area (Å²) in [6, 6.07) is 6.02. The minimum absolute atomic E-state index is 0.118. The van der Waals surface area contributed by atoms with Gasteiger partial charge in [0.2, 0.25) is 0 Å². The van der Waals surface area contributed by atoms with E-state index in [1.807, 2.05) is 0 Å². The molecule has 0 fully saturated rings. The minimum atomic E-state index is -4.79. The lowest BCUT2D eigenvalue weighted by molar-refractivity contribution is -0.274. The number of H-pyrrole nitrogens is 1. The normalized spacial score (nSPS) is 11.1. The van der Waals surface area contributed by atoms with Crippen molar-refractivity contribution in [2.75, 3.05) is 7.11 Å². The molecule has 0 amide bonds. The van der Waals surface area contributed by atoms with Gasteiger partial charge in [0.15, 0.2) is 0 Å². The molecule has 0 aliphatic heterocycles. The Morgan fingerprint density at radius 2 is 1.82 bits per heavy atom. The second-order valence-electron chi connectivity index (χ2n) is 4.19. The lowest BCUT2D eigenvalue weighted by Crippen LogP contribution is -2.17. The highest BCUT2D eigenvalue weighted by Gasteiger charge is 2.31. The largest absolute Gasteiger partial charge is 0.573 e. The number of nitrogens with one attached hydrogen (secondary N) is 1. The molecule has 2 aromatic rings. The molecule has 0 aliphatic carbocycles. The topological polar surface area (TPSA) is 68.4 Å². The van der Waals surface area contributed by atoms with Gasteiger partial charge in [-0.25, -0.2) is 4.79 Å². The van der Waals surface area contributed by atoms with Crippen molar-refractivity contribution in [1.82, 2.24) is 4.98 Å². The Morgan fingerprint density at radius 3 is 2.36 bits per heavy atom. The number of benzene rings is 1. The molecular formula is C14H10F3NO4. The molecule has 0 aliphatic rings. The van der Waals surface area contributed by atoms with Gasteiger partial charge >= 0.3 is 12.3 Å². The van der Waals surface area contributed by atoms with Crippen LogP contribution in [-0.2, 0) is 4.74 Å². The molecule has 5 nitrogen and oxygen atoms in total. The van der Waals surface area contributed by atoms with Crippen LogP contribution in [-0.4, -0.2) is 24.4 Å². The Balaban J connectivity index is 2.36. The number of esters is 1. The third-order valence-electron chi connectivity index (χ3n) is 2.72. The Kier molecular flexibility index (Phi) is 4.20. The van der Waals surface area contributed by atoms with Crippen molar-refractivity contribution in [1.29, 1.82) is 0 Å². The fourth-order valence-corrected chi connectivity index (χ4v) is 1.77. The third-order valence-corrected chi connectivity index (χ3v) is 2.72. The summed E-state index contributed by atoms with van der Waals surface area (Å²) in [5, 5.41) is 0. The number of rotatable bonds is 3. The van der Waals surface area contributed by atoms with Crippen LogP contribution < -0.4 is 10.3 Å². The van der Waals surface area contributed by atoms with Crippen LogP contribution >= 0.6 is 0 Å². The van der Waals surface area contributed by atoms with Crippen molar-refractivity contribution in [3.63, 3.8) is 0 Å². The number of carbonyl (C=O) groups excluding carboxylic acids is 1. The summed E-state index contributed by atoms with van der Waals surface area (Å²) < 4.78 is 44.5. The number of carbonyl (C=O) groups is 1. The predicted octanol–water partition coefficient (Wildman–Crippen LogP) is 2.73. The Morgan fingerprint density at radius 1 is 1.18 bits per heavy atom. The van der Waals surface area contributed by atoms with Crippen molar-refractivity contribution in [3.05, 3.63) is 52.4 Å². The molecule has 0 radical (unpaired) electrons. The maximum atomic E-state index is 12.1. The van der Waals surface area contributed by atoms with E-state index in [1.165, 1.54) is 31.5 Å². The van der Waals surface area contributed by atoms with Gasteiger partial charge in [0.25, 0.3) is 5.56 Å². The number of alkyl halides is 3. The molecule has 116 valence electrons. The molecule has 1 N–H and O–H groups in total. The second-order valence-corrected chi connectivity index (χ2v) is 4.19. The van der Waals surface area contributed by atoms with Crippen LogP contribution in [0.5, 0.6) is 5.75 Å². The first kappa shape index (κ1) is 15.6. The molecule has 0 bridgehead atoms. The summed E-state index contributed by atoms with van der Waals surface area (Å²) in [6.45, 7) is 0. The Bertz CT molecular complexity index is 735. The van der Waals surface area contributed by atoms with Gasteiger partial charge in [-0.15, -0.1) is 13.2 Å². The van der Waals surface area contributed by atoms with E-state index < -0.39 is 23.6 Å². The lowest BCUT2D eigenvalue weighted by Gasteiger charge is -2.09. The van der Waals surface area contributed by atoms with Crippen LogP contribution in [0.15, 0.2) is 41.3 Å². The number of pyridine rings is 1. The summed E-state index contributed by atoms with van der Waals surface area (Å²) in [5.74, 6) is -1.05. The highest BCUT2D eigenvalue weighted by Crippen LogP contribution is 2.25. The average molecular weight is 313 g/mol. The molecule has 0 saturated heterocycles. The summed E-state index contributed by atoms with van der Waals surface area (Å²) in [6.07, 6.45) is -3.59.